The van der Waals surface area contributed by atoms with E-state index in [-0.39, 0.29) is 0 Å². The average Bonchev–Trinajstić information content (AvgIpc) is 3.61. The van der Waals surface area contributed by atoms with Crippen molar-refractivity contribution in [1.29, 1.82) is 0 Å². The van der Waals surface area contributed by atoms with Gasteiger partial charge in [-0.2, -0.15) is 0 Å². The van der Waals surface area contributed by atoms with E-state index in [1.165, 1.54) is 5.39 Å². The fourth-order valence-corrected chi connectivity index (χ4v) is 6.67. The maximum Gasteiger partial charge on any atom is 0.164 e. The second kappa shape index (κ2) is 8.72. The first-order valence-corrected chi connectivity index (χ1v) is 14.7. The number of fused-ring (bicyclic) bond motifs is 14. The van der Waals surface area contributed by atoms with E-state index < -0.39 is 0 Å². The second-order valence-electron chi connectivity index (χ2n) is 11.3. The van der Waals surface area contributed by atoms with Crippen molar-refractivity contribution in [3.63, 3.8) is 0 Å². The van der Waals surface area contributed by atoms with Crippen LogP contribution in [0.4, 0.5) is 0 Å². The zero-order valence-corrected chi connectivity index (χ0v) is 23.4. The third-order valence-corrected chi connectivity index (χ3v) is 8.75. The lowest BCUT2D eigenvalue weighted by molar-refractivity contribution is 0.669. The smallest absolute Gasteiger partial charge is 0.164 e. The summed E-state index contributed by atoms with van der Waals surface area (Å²) in [7, 11) is 0. The van der Waals surface area contributed by atoms with Gasteiger partial charge in [-0.25, -0.2) is 15.0 Å². The lowest BCUT2D eigenvalue weighted by Gasteiger charge is -2.04. The highest BCUT2D eigenvalue weighted by atomic mass is 16.3. The first kappa shape index (κ1) is 23.5. The monoisotopic (exact) mass is 562 g/mol. The molecule has 0 saturated heterocycles. The molecule has 0 aliphatic heterocycles. The molecule has 0 spiro atoms. The number of rotatable bonds is 1. The summed E-state index contributed by atoms with van der Waals surface area (Å²) < 4.78 is 8.82. The van der Waals surface area contributed by atoms with Crippen LogP contribution in [0.1, 0.15) is 0 Å². The van der Waals surface area contributed by atoms with E-state index in [0.717, 1.165) is 71.0 Å². The van der Waals surface area contributed by atoms with Gasteiger partial charge in [-0.1, -0.05) is 78.9 Å². The number of benzene rings is 6. The lowest BCUT2D eigenvalue weighted by atomic mass is 10.1. The van der Waals surface area contributed by atoms with Crippen LogP contribution in [0.3, 0.4) is 0 Å². The fraction of sp³-hybridized carbons (Fsp3) is 0. The van der Waals surface area contributed by atoms with Crippen LogP contribution in [0.25, 0.3) is 93.5 Å². The van der Waals surface area contributed by atoms with Crippen LogP contribution in [0.2, 0.25) is 0 Å². The molecule has 4 aromatic heterocycles. The Morgan fingerprint density at radius 3 is 2.05 bits per heavy atom. The molecule has 0 fully saturated rings. The molecule has 0 N–H and O–H groups in total. The quantitative estimate of drug-likeness (QED) is 0.200. The predicted octanol–water partition coefficient (Wildman–Crippen LogP) is 10.0. The Bertz CT molecular complexity index is 2830. The van der Waals surface area contributed by atoms with Crippen molar-refractivity contribution in [3.05, 3.63) is 133 Å². The molecule has 44 heavy (non-hydrogen) atoms. The van der Waals surface area contributed by atoms with Gasteiger partial charge in [-0.05, 0) is 65.4 Å². The Morgan fingerprint density at radius 2 is 1.16 bits per heavy atom. The van der Waals surface area contributed by atoms with Crippen LogP contribution in [0.15, 0.2) is 138 Å². The van der Waals surface area contributed by atoms with Crippen LogP contribution < -0.4 is 0 Å². The third-order valence-electron chi connectivity index (χ3n) is 8.75. The van der Waals surface area contributed by atoms with Gasteiger partial charge in [-0.3, -0.25) is 0 Å². The van der Waals surface area contributed by atoms with Gasteiger partial charge in [0.2, 0.25) is 0 Å². The maximum atomic E-state index is 6.45. The minimum Gasteiger partial charge on any atom is -0.456 e. The molecule has 10 aromatic rings. The van der Waals surface area contributed by atoms with E-state index >= 15 is 0 Å². The standard InChI is InChI=1S/C39H22N4O/c1-2-8-23(9-3-1)37-40-38-26-12-6-10-24(18-26)25-11-7-13-28(19-25)43-33-15-5-4-14-29(33)30-22-36-32(21-34(30)43)31-20-27(39(41-37)42-38)16-17-35(31)44-36/h1-22H. The molecule has 4 heterocycles. The number of para-hydroxylation sites is 1. The van der Waals surface area contributed by atoms with E-state index in [0.29, 0.717) is 17.1 Å². The molecule has 6 aromatic carbocycles. The molecule has 5 heteroatoms. The largest absolute Gasteiger partial charge is 0.456 e. The summed E-state index contributed by atoms with van der Waals surface area (Å²) in [5.74, 6) is 0.641. The highest BCUT2D eigenvalue weighted by Crippen LogP contribution is 2.38. The van der Waals surface area contributed by atoms with Crippen molar-refractivity contribution in [2.45, 2.75) is 0 Å². The fourth-order valence-electron chi connectivity index (χ4n) is 6.67. The molecular formula is C39H22N4O. The topological polar surface area (TPSA) is 56.2 Å². The predicted molar refractivity (Wildman–Crippen MR) is 180 cm³/mol. The minimum absolute atomic E-state index is 0.625. The molecule has 0 amide bonds. The zero-order valence-electron chi connectivity index (χ0n) is 23.4. The molecule has 0 saturated carbocycles. The molecule has 0 aliphatic rings. The van der Waals surface area contributed by atoms with Crippen LogP contribution >= 0.6 is 0 Å². The first-order valence-electron chi connectivity index (χ1n) is 14.7. The highest BCUT2D eigenvalue weighted by molar-refractivity contribution is 6.17. The van der Waals surface area contributed by atoms with Crippen molar-refractivity contribution >= 4 is 82.1 Å². The van der Waals surface area contributed by atoms with Crippen molar-refractivity contribution < 1.29 is 4.42 Å². The van der Waals surface area contributed by atoms with Gasteiger partial charge in [0.15, 0.2) is 17.1 Å². The first-order chi connectivity index (χ1) is 21.8. The minimum atomic E-state index is 0.625. The molecule has 0 unspecified atom stereocenters. The van der Waals surface area contributed by atoms with E-state index in [1.807, 2.05) is 42.5 Å². The summed E-state index contributed by atoms with van der Waals surface area (Å²) in [6.07, 6.45) is 0. The second-order valence-corrected chi connectivity index (χ2v) is 11.3. The molecule has 0 aliphatic carbocycles. The molecule has 10 rings (SSSR count). The summed E-state index contributed by atoms with van der Waals surface area (Å²) in [5, 5.41) is 8.52. The Hall–Kier alpha value is -6.07. The summed E-state index contributed by atoms with van der Waals surface area (Å²) in [5.41, 5.74) is 7.30. The Morgan fingerprint density at radius 1 is 0.432 bits per heavy atom. The Balaban J connectivity index is 1.48. The van der Waals surface area contributed by atoms with Crippen LogP contribution in [-0.2, 0) is 0 Å². The molecule has 204 valence electrons. The van der Waals surface area contributed by atoms with Crippen molar-refractivity contribution in [2.24, 2.45) is 0 Å². The van der Waals surface area contributed by atoms with Crippen LogP contribution in [0.5, 0.6) is 0 Å². The average molecular weight is 563 g/mol. The lowest BCUT2D eigenvalue weighted by Crippen LogP contribution is -1.94. The summed E-state index contributed by atoms with van der Waals surface area (Å²) >= 11 is 0. The molecule has 0 radical (unpaired) electrons. The molecule has 0 atom stereocenters. The summed E-state index contributed by atoms with van der Waals surface area (Å²) in [6.45, 7) is 0. The maximum absolute atomic E-state index is 6.45. The SMILES string of the molecule is c1ccc(-c2nc3nc(n2)c2ccc4oc5cc6c7ccccc7n(c7cccc(c7)c7cccc3c7)c6cc5c4c2)cc1. The third kappa shape index (κ3) is 3.38. The van der Waals surface area contributed by atoms with E-state index in [1.54, 1.807) is 0 Å². The van der Waals surface area contributed by atoms with Crippen molar-refractivity contribution in [1.82, 2.24) is 19.4 Å². The number of furan rings is 1. The van der Waals surface area contributed by atoms with Crippen LogP contribution in [-0.4, -0.2) is 19.4 Å². The van der Waals surface area contributed by atoms with Crippen molar-refractivity contribution in [3.8, 4) is 11.4 Å². The highest BCUT2D eigenvalue weighted by Gasteiger charge is 2.15. The van der Waals surface area contributed by atoms with Gasteiger partial charge in [0.1, 0.15) is 11.2 Å². The zero-order chi connectivity index (χ0) is 28.8. The van der Waals surface area contributed by atoms with Gasteiger partial charge in [-0.15, -0.1) is 0 Å². The number of nitrogens with zero attached hydrogens (tertiary/aromatic N) is 4. The molecule has 5 nitrogen and oxygen atoms in total. The van der Waals surface area contributed by atoms with E-state index in [4.69, 9.17) is 19.4 Å². The van der Waals surface area contributed by atoms with E-state index in [9.17, 15) is 0 Å². The van der Waals surface area contributed by atoms with Gasteiger partial charge >= 0.3 is 0 Å². The van der Waals surface area contributed by atoms with Gasteiger partial charge < -0.3 is 8.82 Å². The number of hydrogen-bond donors (Lipinski definition) is 0. The summed E-state index contributed by atoms with van der Waals surface area (Å²) in [6, 6.07) is 46.6. The van der Waals surface area contributed by atoms with Gasteiger partial charge in [0.25, 0.3) is 0 Å². The van der Waals surface area contributed by atoms with E-state index in [2.05, 4.69) is 95.4 Å². The van der Waals surface area contributed by atoms with Crippen LogP contribution in [0, 0.1) is 0 Å². The number of aromatic nitrogens is 4. The van der Waals surface area contributed by atoms with Gasteiger partial charge in [0.05, 0.1) is 11.0 Å². The Labute approximate surface area is 250 Å². The summed E-state index contributed by atoms with van der Waals surface area (Å²) in [4.78, 5) is 15.0. The molecule has 10 bridgehead atoms. The molecular weight excluding hydrogens is 540 g/mol. The van der Waals surface area contributed by atoms with Gasteiger partial charge in [0, 0.05) is 43.4 Å². The van der Waals surface area contributed by atoms with Crippen molar-refractivity contribution in [2.75, 3.05) is 0 Å². The normalized spacial score (nSPS) is 12.1. The number of hydrogen-bond acceptors (Lipinski definition) is 4. The Kier molecular flexibility index (Phi) is 4.66.